The summed E-state index contributed by atoms with van der Waals surface area (Å²) in [5.74, 6) is -1.32. The van der Waals surface area contributed by atoms with Crippen LogP contribution in [0, 0.1) is 11.6 Å². The number of amides is 1. The molecule has 1 aromatic carbocycles. The molecule has 1 unspecified atom stereocenters. The van der Waals surface area contributed by atoms with Gasteiger partial charge in [-0.2, -0.15) is 0 Å². The number of halogens is 2. The van der Waals surface area contributed by atoms with Crippen LogP contribution in [0.25, 0.3) is 0 Å². The zero-order chi connectivity index (χ0) is 14.9. The molecule has 2 aliphatic rings. The van der Waals surface area contributed by atoms with Crippen LogP contribution in [0.15, 0.2) is 18.2 Å². The molecule has 0 N–H and O–H groups in total. The van der Waals surface area contributed by atoms with Gasteiger partial charge in [0.15, 0.2) is 0 Å². The summed E-state index contributed by atoms with van der Waals surface area (Å²) >= 11 is 0. The Bertz CT molecular complexity index is 544. The molecule has 1 atom stereocenters. The predicted molar refractivity (Wildman–Crippen MR) is 70.8 cm³/mol. The van der Waals surface area contributed by atoms with Crippen molar-refractivity contribution >= 4 is 5.91 Å². The first-order valence-electron chi connectivity index (χ1n) is 7.01. The topological polar surface area (TPSA) is 38.8 Å². The number of nitrogens with zero attached hydrogens (tertiary/aromatic N) is 1. The van der Waals surface area contributed by atoms with Crippen LogP contribution in [0.5, 0.6) is 0 Å². The fourth-order valence-corrected chi connectivity index (χ4v) is 2.98. The second-order valence-electron chi connectivity index (χ2n) is 5.54. The Morgan fingerprint density at radius 1 is 1.24 bits per heavy atom. The van der Waals surface area contributed by atoms with Gasteiger partial charge in [0.25, 0.3) is 0 Å². The summed E-state index contributed by atoms with van der Waals surface area (Å²) in [6, 6.07) is 3.17. The number of carbonyl (C=O) groups is 1. The van der Waals surface area contributed by atoms with Gasteiger partial charge in [0.05, 0.1) is 31.8 Å². The third kappa shape index (κ3) is 2.78. The molecule has 1 amide bonds. The molecule has 114 valence electrons. The first-order valence-corrected chi connectivity index (χ1v) is 7.01. The maximum Gasteiger partial charge on any atom is 0.227 e. The number of rotatable bonds is 2. The number of morpholine rings is 1. The van der Waals surface area contributed by atoms with Crippen LogP contribution >= 0.6 is 0 Å². The van der Waals surface area contributed by atoms with Crippen LogP contribution in [0.3, 0.4) is 0 Å². The van der Waals surface area contributed by atoms with Crippen molar-refractivity contribution in [3.8, 4) is 0 Å². The molecule has 2 aliphatic heterocycles. The van der Waals surface area contributed by atoms with E-state index in [1.54, 1.807) is 4.90 Å². The van der Waals surface area contributed by atoms with E-state index in [9.17, 15) is 13.6 Å². The van der Waals surface area contributed by atoms with Gasteiger partial charge in [0.1, 0.15) is 11.6 Å². The van der Waals surface area contributed by atoms with Gasteiger partial charge >= 0.3 is 0 Å². The molecule has 0 bridgehead atoms. The molecule has 0 saturated carbocycles. The van der Waals surface area contributed by atoms with E-state index in [2.05, 4.69) is 0 Å². The smallest absolute Gasteiger partial charge is 0.227 e. The van der Waals surface area contributed by atoms with Gasteiger partial charge in [-0.25, -0.2) is 8.78 Å². The quantitative estimate of drug-likeness (QED) is 0.831. The highest BCUT2D eigenvalue weighted by Crippen LogP contribution is 2.30. The van der Waals surface area contributed by atoms with Gasteiger partial charge < -0.3 is 14.4 Å². The van der Waals surface area contributed by atoms with E-state index >= 15 is 0 Å². The Morgan fingerprint density at radius 2 is 2.00 bits per heavy atom. The predicted octanol–water partition coefficient (Wildman–Crippen LogP) is 1.53. The summed E-state index contributed by atoms with van der Waals surface area (Å²) in [7, 11) is 0. The number of benzene rings is 1. The summed E-state index contributed by atoms with van der Waals surface area (Å²) in [5, 5.41) is 0. The normalized spacial score (nSPS) is 25.5. The van der Waals surface area contributed by atoms with Gasteiger partial charge in [0.2, 0.25) is 5.91 Å². The molecular weight excluding hydrogens is 280 g/mol. The lowest BCUT2D eigenvalue weighted by Crippen LogP contribution is -2.60. The van der Waals surface area contributed by atoms with Gasteiger partial charge in [0, 0.05) is 18.7 Å². The van der Waals surface area contributed by atoms with Crippen molar-refractivity contribution in [1.82, 2.24) is 4.90 Å². The summed E-state index contributed by atoms with van der Waals surface area (Å²) in [6.45, 7) is 2.37. The Labute approximate surface area is 121 Å². The SMILES string of the molecule is O=C(Cc1cc(F)ccc1F)N1CCOCC12CCOC2. The van der Waals surface area contributed by atoms with E-state index in [1.807, 2.05) is 0 Å². The summed E-state index contributed by atoms with van der Waals surface area (Å²) in [4.78, 5) is 14.2. The number of carbonyl (C=O) groups excluding carboxylic acids is 1. The molecule has 0 aromatic heterocycles. The van der Waals surface area contributed by atoms with E-state index in [1.165, 1.54) is 0 Å². The number of ether oxygens (including phenoxy) is 2. The first-order chi connectivity index (χ1) is 10.1. The Hall–Kier alpha value is -1.53. The third-order valence-electron chi connectivity index (χ3n) is 4.14. The van der Waals surface area contributed by atoms with Crippen LogP contribution in [-0.4, -0.2) is 49.3 Å². The van der Waals surface area contributed by atoms with Crippen molar-refractivity contribution in [2.45, 2.75) is 18.4 Å². The molecule has 1 aromatic rings. The monoisotopic (exact) mass is 297 g/mol. The van der Waals surface area contributed by atoms with E-state index in [-0.39, 0.29) is 17.9 Å². The van der Waals surface area contributed by atoms with Gasteiger partial charge in [-0.1, -0.05) is 0 Å². The lowest BCUT2D eigenvalue weighted by atomic mass is 9.95. The lowest BCUT2D eigenvalue weighted by Gasteiger charge is -2.43. The molecule has 2 heterocycles. The molecule has 1 spiro atoms. The highest BCUT2D eigenvalue weighted by molar-refractivity contribution is 5.80. The van der Waals surface area contributed by atoms with Crippen molar-refractivity contribution in [3.63, 3.8) is 0 Å². The highest BCUT2D eigenvalue weighted by atomic mass is 19.1. The average molecular weight is 297 g/mol. The minimum atomic E-state index is -0.560. The summed E-state index contributed by atoms with van der Waals surface area (Å²) in [6.07, 6.45) is 0.565. The molecule has 21 heavy (non-hydrogen) atoms. The molecule has 6 heteroatoms. The molecule has 2 fully saturated rings. The first kappa shape index (κ1) is 14.4. The molecule has 4 nitrogen and oxygen atoms in total. The number of hydrogen-bond donors (Lipinski definition) is 0. The minimum Gasteiger partial charge on any atom is -0.379 e. The van der Waals surface area contributed by atoms with Crippen LogP contribution in [0.1, 0.15) is 12.0 Å². The van der Waals surface area contributed by atoms with Crippen molar-refractivity contribution in [2.75, 3.05) is 33.0 Å². The zero-order valence-electron chi connectivity index (χ0n) is 11.6. The average Bonchev–Trinajstić information content (AvgIpc) is 2.92. The maximum atomic E-state index is 13.7. The molecule has 2 saturated heterocycles. The highest BCUT2D eigenvalue weighted by Gasteiger charge is 2.45. The van der Waals surface area contributed by atoms with Crippen LogP contribution in [0.4, 0.5) is 8.78 Å². The van der Waals surface area contributed by atoms with Crippen LogP contribution < -0.4 is 0 Å². The van der Waals surface area contributed by atoms with E-state index < -0.39 is 17.2 Å². The molecule has 0 aliphatic carbocycles. The van der Waals surface area contributed by atoms with E-state index in [0.717, 1.165) is 18.2 Å². The van der Waals surface area contributed by atoms with Gasteiger partial charge in [-0.15, -0.1) is 0 Å². The lowest BCUT2D eigenvalue weighted by molar-refractivity contribution is -0.148. The molecule has 3 rings (SSSR count). The Kier molecular flexibility index (Phi) is 3.91. The number of hydrogen-bond acceptors (Lipinski definition) is 3. The fourth-order valence-electron chi connectivity index (χ4n) is 2.98. The van der Waals surface area contributed by atoms with Crippen molar-refractivity contribution < 1.29 is 23.0 Å². The third-order valence-corrected chi connectivity index (χ3v) is 4.14. The second-order valence-corrected chi connectivity index (χ2v) is 5.54. The van der Waals surface area contributed by atoms with Gasteiger partial charge in [-0.05, 0) is 24.6 Å². The standard InChI is InChI=1S/C15H17F2NO3/c16-12-1-2-13(17)11(7-12)8-14(19)18-4-6-21-10-15(18)3-5-20-9-15/h1-2,7H,3-6,8-10H2. The Balaban J connectivity index is 1.79. The van der Waals surface area contributed by atoms with Crippen LogP contribution in [-0.2, 0) is 20.7 Å². The molecule has 0 radical (unpaired) electrons. The maximum absolute atomic E-state index is 13.7. The van der Waals surface area contributed by atoms with E-state index in [4.69, 9.17) is 9.47 Å². The van der Waals surface area contributed by atoms with Crippen molar-refractivity contribution in [1.29, 1.82) is 0 Å². The fraction of sp³-hybridized carbons (Fsp3) is 0.533. The van der Waals surface area contributed by atoms with E-state index in [0.29, 0.717) is 39.4 Å². The van der Waals surface area contributed by atoms with Gasteiger partial charge in [-0.3, -0.25) is 4.79 Å². The van der Waals surface area contributed by atoms with Crippen LogP contribution in [0.2, 0.25) is 0 Å². The van der Waals surface area contributed by atoms with Crippen molar-refractivity contribution in [2.24, 2.45) is 0 Å². The largest absolute Gasteiger partial charge is 0.379 e. The summed E-state index contributed by atoms with van der Waals surface area (Å²) < 4.78 is 37.8. The Morgan fingerprint density at radius 3 is 2.76 bits per heavy atom. The summed E-state index contributed by atoms with van der Waals surface area (Å²) in [5.41, 5.74) is -0.361. The minimum absolute atomic E-state index is 0.0838. The molecular formula is C15H17F2NO3. The zero-order valence-corrected chi connectivity index (χ0v) is 11.6. The second kappa shape index (κ2) is 5.69. The van der Waals surface area contributed by atoms with Crippen molar-refractivity contribution in [3.05, 3.63) is 35.4 Å².